The Hall–Kier alpha value is -3.07. The average molecular weight is 317 g/mol. The Balaban J connectivity index is 1.73. The molecule has 0 saturated carbocycles. The van der Waals surface area contributed by atoms with E-state index in [1.807, 2.05) is 54.6 Å². The van der Waals surface area contributed by atoms with Gasteiger partial charge in [-0.3, -0.25) is 4.79 Å². The van der Waals surface area contributed by atoms with Crippen LogP contribution in [0.2, 0.25) is 0 Å². The molecule has 1 aromatic heterocycles. The number of benzene rings is 2. The van der Waals surface area contributed by atoms with Gasteiger partial charge in [0.25, 0.3) is 0 Å². The molecule has 120 valence electrons. The second-order valence-electron chi connectivity index (χ2n) is 5.51. The number of carbonyl (C=O) groups is 1. The second kappa shape index (κ2) is 7.97. The van der Waals surface area contributed by atoms with Gasteiger partial charge in [0.2, 0.25) is 5.91 Å². The molecule has 3 rings (SSSR count). The van der Waals surface area contributed by atoms with Crippen molar-refractivity contribution in [2.45, 2.75) is 12.5 Å². The molecular formula is C21H19NO2. The van der Waals surface area contributed by atoms with Crippen molar-refractivity contribution in [1.29, 1.82) is 0 Å². The molecule has 2 aromatic carbocycles. The van der Waals surface area contributed by atoms with E-state index in [-0.39, 0.29) is 11.9 Å². The molecule has 1 unspecified atom stereocenters. The SMILES string of the molecule is O=C(/C=C/c1ccco1)NC(Cc1ccccc1)c1ccccc1. The van der Waals surface area contributed by atoms with E-state index in [1.54, 1.807) is 18.4 Å². The monoisotopic (exact) mass is 317 g/mol. The molecular weight excluding hydrogens is 298 g/mol. The highest BCUT2D eigenvalue weighted by Gasteiger charge is 2.13. The lowest BCUT2D eigenvalue weighted by Gasteiger charge is -2.18. The van der Waals surface area contributed by atoms with Crippen LogP contribution in [0.1, 0.15) is 22.9 Å². The third-order valence-corrected chi connectivity index (χ3v) is 3.74. The summed E-state index contributed by atoms with van der Waals surface area (Å²) < 4.78 is 5.20. The fraction of sp³-hybridized carbons (Fsp3) is 0.0952. The highest BCUT2D eigenvalue weighted by molar-refractivity contribution is 5.91. The van der Waals surface area contributed by atoms with E-state index in [9.17, 15) is 4.79 Å². The van der Waals surface area contributed by atoms with Gasteiger partial charge in [-0.1, -0.05) is 60.7 Å². The van der Waals surface area contributed by atoms with Crippen LogP contribution in [0, 0.1) is 0 Å². The van der Waals surface area contributed by atoms with Crippen molar-refractivity contribution in [3.05, 3.63) is 102 Å². The van der Waals surface area contributed by atoms with Crippen molar-refractivity contribution >= 4 is 12.0 Å². The van der Waals surface area contributed by atoms with Gasteiger partial charge in [-0.25, -0.2) is 0 Å². The average Bonchev–Trinajstić information content (AvgIpc) is 3.15. The third-order valence-electron chi connectivity index (χ3n) is 3.74. The molecule has 0 aliphatic carbocycles. The van der Waals surface area contributed by atoms with Crippen LogP contribution < -0.4 is 5.32 Å². The van der Waals surface area contributed by atoms with Crippen molar-refractivity contribution in [1.82, 2.24) is 5.32 Å². The molecule has 0 aliphatic heterocycles. The summed E-state index contributed by atoms with van der Waals surface area (Å²) in [7, 11) is 0. The second-order valence-corrected chi connectivity index (χ2v) is 5.51. The van der Waals surface area contributed by atoms with Gasteiger partial charge < -0.3 is 9.73 Å². The maximum Gasteiger partial charge on any atom is 0.244 e. The van der Waals surface area contributed by atoms with Gasteiger partial charge in [0, 0.05) is 6.08 Å². The Bertz CT molecular complexity index is 777. The normalized spacial score (nSPS) is 12.2. The molecule has 3 nitrogen and oxygen atoms in total. The van der Waals surface area contributed by atoms with E-state index in [1.165, 1.54) is 11.6 Å². The number of rotatable bonds is 6. The summed E-state index contributed by atoms with van der Waals surface area (Å²) in [6.07, 6.45) is 5.49. The predicted molar refractivity (Wildman–Crippen MR) is 95.2 cm³/mol. The van der Waals surface area contributed by atoms with Gasteiger partial charge in [0.1, 0.15) is 5.76 Å². The van der Waals surface area contributed by atoms with E-state index in [0.717, 1.165) is 12.0 Å². The summed E-state index contributed by atoms with van der Waals surface area (Å²) in [6.45, 7) is 0. The lowest BCUT2D eigenvalue weighted by atomic mass is 9.99. The molecule has 1 N–H and O–H groups in total. The Kier molecular flexibility index (Phi) is 5.25. The van der Waals surface area contributed by atoms with Crippen molar-refractivity contribution in [2.24, 2.45) is 0 Å². The number of hydrogen-bond donors (Lipinski definition) is 1. The number of carbonyl (C=O) groups excluding carboxylic acids is 1. The molecule has 24 heavy (non-hydrogen) atoms. The summed E-state index contributed by atoms with van der Waals surface area (Å²) in [5, 5.41) is 3.08. The van der Waals surface area contributed by atoms with Crippen LogP contribution in [0.25, 0.3) is 6.08 Å². The topological polar surface area (TPSA) is 42.2 Å². The van der Waals surface area contributed by atoms with E-state index in [4.69, 9.17) is 4.42 Å². The highest BCUT2D eigenvalue weighted by atomic mass is 16.3. The maximum absolute atomic E-state index is 12.3. The zero-order chi connectivity index (χ0) is 16.6. The lowest BCUT2D eigenvalue weighted by Crippen LogP contribution is -2.28. The van der Waals surface area contributed by atoms with Crippen LogP contribution in [0.5, 0.6) is 0 Å². The van der Waals surface area contributed by atoms with Gasteiger partial charge in [0.05, 0.1) is 12.3 Å². The number of amides is 1. The van der Waals surface area contributed by atoms with Crippen LogP contribution in [-0.4, -0.2) is 5.91 Å². The predicted octanol–water partition coefficient (Wildman–Crippen LogP) is 4.39. The van der Waals surface area contributed by atoms with Gasteiger partial charge in [-0.2, -0.15) is 0 Å². The molecule has 0 saturated heterocycles. The first-order valence-corrected chi connectivity index (χ1v) is 7.92. The summed E-state index contributed by atoms with van der Waals surface area (Å²) in [6, 6.07) is 23.7. The van der Waals surface area contributed by atoms with Gasteiger partial charge in [-0.15, -0.1) is 0 Å². The Morgan fingerprint density at radius 3 is 2.33 bits per heavy atom. The van der Waals surface area contributed by atoms with Crippen LogP contribution in [0.3, 0.4) is 0 Å². The maximum atomic E-state index is 12.3. The van der Waals surface area contributed by atoms with E-state index < -0.39 is 0 Å². The van der Waals surface area contributed by atoms with Crippen LogP contribution in [0.4, 0.5) is 0 Å². The number of nitrogens with one attached hydrogen (secondary N) is 1. The molecule has 3 aromatic rings. The molecule has 0 aliphatic rings. The minimum Gasteiger partial charge on any atom is -0.465 e. The quantitative estimate of drug-likeness (QED) is 0.685. The molecule has 0 bridgehead atoms. The fourth-order valence-corrected chi connectivity index (χ4v) is 2.55. The summed E-state index contributed by atoms with van der Waals surface area (Å²) in [5.41, 5.74) is 2.27. The van der Waals surface area contributed by atoms with Crippen molar-refractivity contribution in [3.63, 3.8) is 0 Å². The zero-order valence-electron chi connectivity index (χ0n) is 13.3. The number of furan rings is 1. The first-order chi connectivity index (χ1) is 11.8. The fourth-order valence-electron chi connectivity index (χ4n) is 2.55. The molecule has 1 heterocycles. The smallest absolute Gasteiger partial charge is 0.244 e. The van der Waals surface area contributed by atoms with Crippen LogP contribution in [0.15, 0.2) is 89.6 Å². The van der Waals surface area contributed by atoms with Gasteiger partial charge >= 0.3 is 0 Å². The highest BCUT2D eigenvalue weighted by Crippen LogP contribution is 2.18. The molecule has 1 atom stereocenters. The van der Waals surface area contributed by atoms with Crippen molar-refractivity contribution in [2.75, 3.05) is 0 Å². The van der Waals surface area contributed by atoms with E-state index in [2.05, 4.69) is 17.4 Å². The lowest BCUT2D eigenvalue weighted by molar-refractivity contribution is -0.117. The minimum atomic E-state index is -0.142. The van der Waals surface area contributed by atoms with Crippen molar-refractivity contribution < 1.29 is 9.21 Å². The Labute approximate surface area is 141 Å². The first kappa shape index (κ1) is 15.8. The molecule has 0 radical (unpaired) electrons. The number of hydrogen-bond acceptors (Lipinski definition) is 2. The van der Waals surface area contributed by atoms with Crippen LogP contribution in [-0.2, 0) is 11.2 Å². The molecule has 0 spiro atoms. The standard InChI is InChI=1S/C21H19NO2/c23-21(14-13-19-12-7-15-24-19)22-20(18-10-5-2-6-11-18)16-17-8-3-1-4-9-17/h1-15,20H,16H2,(H,22,23)/b14-13+. The summed E-state index contributed by atoms with van der Waals surface area (Å²) in [4.78, 5) is 12.3. The molecule has 3 heteroatoms. The Morgan fingerprint density at radius 1 is 0.958 bits per heavy atom. The largest absolute Gasteiger partial charge is 0.465 e. The molecule has 1 amide bonds. The van der Waals surface area contributed by atoms with Gasteiger partial charge in [-0.05, 0) is 35.8 Å². The summed E-state index contributed by atoms with van der Waals surface area (Å²) >= 11 is 0. The van der Waals surface area contributed by atoms with E-state index >= 15 is 0 Å². The van der Waals surface area contributed by atoms with Crippen molar-refractivity contribution in [3.8, 4) is 0 Å². The molecule has 0 fully saturated rings. The van der Waals surface area contributed by atoms with E-state index in [0.29, 0.717) is 5.76 Å². The summed E-state index contributed by atoms with van der Waals surface area (Å²) in [5.74, 6) is 0.514. The first-order valence-electron chi connectivity index (χ1n) is 7.92. The van der Waals surface area contributed by atoms with Gasteiger partial charge in [0.15, 0.2) is 0 Å². The Morgan fingerprint density at radius 2 is 1.67 bits per heavy atom. The minimum absolute atomic E-state index is 0.0812. The third kappa shape index (κ3) is 4.46. The zero-order valence-corrected chi connectivity index (χ0v) is 13.3. The van der Waals surface area contributed by atoms with Crippen LogP contribution >= 0.6 is 0 Å².